The van der Waals surface area contributed by atoms with Crippen LogP contribution in [0.5, 0.6) is 0 Å². The highest BCUT2D eigenvalue weighted by molar-refractivity contribution is 14.1. The van der Waals surface area contributed by atoms with Gasteiger partial charge < -0.3 is 0 Å². The molecule has 0 aliphatic heterocycles. The second-order valence-corrected chi connectivity index (χ2v) is 17.7. The highest BCUT2D eigenvalue weighted by Crippen LogP contribution is 2.88. The van der Waals surface area contributed by atoms with Crippen molar-refractivity contribution in [2.45, 2.75) is 40.0 Å². The monoisotopic (exact) mass is 871 g/mol. The van der Waals surface area contributed by atoms with E-state index in [0.29, 0.717) is 0 Å². The zero-order valence-corrected chi connectivity index (χ0v) is 28.6. The summed E-state index contributed by atoms with van der Waals surface area (Å²) in [6.45, 7) is 0. The van der Waals surface area contributed by atoms with Crippen molar-refractivity contribution < 1.29 is 0 Å². The van der Waals surface area contributed by atoms with Gasteiger partial charge in [0.05, 0.1) is 20.1 Å². The summed E-state index contributed by atoms with van der Waals surface area (Å²) in [5, 5.41) is 0.232. The Morgan fingerprint density at radius 1 is 0.588 bits per heavy atom. The molecule has 2 fully saturated rings. The molecule has 5 aliphatic carbocycles. The van der Waals surface area contributed by atoms with E-state index in [4.69, 9.17) is 139 Å². The lowest BCUT2D eigenvalue weighted by Gasteiger charge is -2.52. The van der Waals surface area contributed by atoms with E-state index in [1.54, 1.807) is 0 Å². The van der Waals surface area contributed by atoms with E-state index >= 15 is 0 Å². The van der Waals surface area contributed by atoms with Crippen molar-refractivity contribution in [3.63, 3.8) is 0 Å². The van der Waals surface area contributed by atoms with E-state index in [1.165, 1.54) is 0 Å². The van der Waals surface area contributed by atoms with Gasteiger partial charge in [-0.1, -0.05) is 92.8 Å². The number of halogens is 14. The molecule has 0 saturated heterocycles. The van der Waals surface area contributed by atoms with Crippen molar-refractivity contribution in [3.05, 3.63) is 51.4 Å². The lowest BCUT2D eigenvalue weighted by atomic mass is 9.57. The molecule has 34 heavy (non-hydrogen) atoms. The zero-order valence-electron chi connectivity index (χ0n) is 15.8. The first-order chi connectivity index (χ1) is 15.4. The second-order valence-electron chi connectivity index (χ2n) is 9.15. The standard InChI is InChI=1S/C20H6BrCl12I/c21-5-1-3-4(2-6(5)34)8-10(18(29)14(25)12(23)16(8,27)20(18,32)33)9-7(3)15(26)11(22)13(24)17(9,28)19(15,30)31/h1-2,7-10H/t7?,8?,9?,10?,15-,16-,17+,18+/m0/s1. The average molecular weight is 879 g/mol. The molecule has 14 heteroatoms. The molecule has 1 aromatic rings. The first kappa shape index (κ1) is 27.6. The van der Waals surface area contributed by atoms with Crippen LogP contribution in [0.15, 0.2) is 36.7 Å². The number of allylic oxidation sites excluding steroid dienone is 4. The summed E-state index contributed by atoms with van der Waals surface area (Å²) >= 11 is 89.8. The van der Waals surface area contributed by atoms with Gasteiger partial charge in [0, 0.05) is 31.7 Å². The largest absolute Gasteiger partial charge is 0.167 e. The zero-order chi connectivity index (χ0) is 25.3. The van der Waals surface area contributed by atoms with Crippen LogP contribution < -0.4 is 0 Å². The molecule has 6 rings (SSSR count). The fraction of sp³-hybridized carbons (Fsp3) is 0.500. The van der Waals surface area contributed by atoms with Gasteiger partial charge in [0.2, 0.25) is 0 Å². The van der Waals surface area contributed by atoms with Crippen molar-refractivity contribution >= 4 is 178 Å². The number of benzene rings is 1. The molecule has 4 unspecified atom stereocenters. The maximum absolute atomic E-state index is 7.31. The van der Waals surface area contributed by atoms with Crippen molar-refractivity contribution in [1.29, 1.82) is 0 Å². The number of rotatable bonds is 0. The molecule has 0 heterocycles. The van der Waals surface area contributed by atoms with Crippen molar-refractivity contribution in [1.82, 2.24) is 0 Å². The smallest absolute Gasteiger partial charge is 0.109 e. The third kappa shape index (κ3) is 2.42. The van der Waals surface area contributed by atoms with Gasteiger partial charge in [-0.15, -0.1) is 46.4 Å². The third-order valence-corrected chi connectivity index (χ3v) is 19.0. The molecule has 0 radical (unpaired) electrons. The summed E-state index contributed by atoms with van der Waals surface area (Å²) < 4.78 is -1.94. The maximum atomic E-state index is 7.31. The summed E-state index contributed by atoms with van der Waals surface area (Å²) in [7, 11) is 0. The molecule has 0 N–H and O–H groups in total. The minimum Gasteiger partial charge on any atom is -0.109 e. The van der Waals surface area contributed by atoms with Crippen LogP contribution in [-0.2, 0) is 0 Å². The van der Waals surface area contributed by atoms with Gasteiger partial charge in [0.1, 0.15) is 19.5 Å². The topological polar surface area (TPSA) is 0 Å². The number of alkyl halides is 8. The van der Waals surface area contributed by atoms with E-state index in [1.807, 2.05) is 12.1 Å². The van der Waals surface area contributed by atoms with Gasteiger partial charge in [-0.2, -0.15) is 0 Å². The lowest BCUT2D eigenvalue weighted by molar-refractivity contribution is 0.201. The van der Waals surface area contributed by atoms with E-state index in [9.17, 15) is 0 Å². The molecule has 5 aliphatic rings. The van der Waals surface area contributed by atoms with Crippen LogP contribution in [0, 0.1) is 15.4 Å². The van der Waals surface area contributed by atoms with Gasteiger partial charge in [-0.25, -0.2) is 0 Å². The van der Waals surface area contributed by atoms with Crippen LogP contribution in [0.3, 0.4) is 0 Å². The highest BCUT2D eigenvalue weighted by Gasteiger charge is 2.91. The third-order valence-electron chi connectivity index (χ3n) is 8.17. The van der Waals surface area contributed by atoms with Crippen LogP contribution in [0.2, 0.25) is 0 Å². The summed E-state index contributed by atoms with van der Waals surface area (Å²) in [5.74, 6) is -2.68. The number of fused-ring (bicyclic) bond motifs is 14. The first-order valence-corrected chi connectivity index (χ1v) is 15.9. The van der Waals surface area contributed by atoms with Crippen LogP contribution in [0.1, 0.15) is 23.0 Å². The van der Waals surface area contributed by atoms with E-state index in [-0.39, 0.29) is 20.1 Å². The fourth-order valence-electron chi connectivity index (χ4n) is 6.89. The van der Waals surface area contributed by atoms with Gasteiger partial charge in [-0.05, 0) is 61.8 Å². The normalized spacial score (nSPS) is 49.0. The van der Waals surface area contributed by atoms with E-state index in [0.717, 1.165) is 19.2 Å². The van der Waals surface area contributed by atoms with Crippen LogP contribution in [-0.4, -0.2) is 28.2 Å². The lowest BCUT2D eigenvalue weighted by Crippen LogP contribution is -2.53. The predicted molar refractivity (Wildman–Crippen MR) is 160 cm³/mol. The minimum absolute atomic E-state index is 0.0384. The van der Waals surface area contributed by atoms with E-state index < -0.39 is 51.8 Å². The van der Waals surface area contributed by atoms with Gasteiger partial charge >= 0.3 is 0 Å². The van der Waals surface area contributed by atoms with Gasteiger partial charge in [0.15, 0.2) is 8.67 Å². The van der Waals surface area contributed by atoms with E-state index in [2.05, 4.69) is 38.5 Å². The molecule has 0 nitrogen and oxygen atoms in total. The Morgan fingerprint density at radius 2 is 0.912 bits per heavy atom. The molecule has 0 spiro atoms. The van der Waals surface area contributed by atoms with Crippen LogP contribution >= 0.6 is 178 Å². The SMILES string of the molecule is ClC1=C(Cl)[C@]2(Cl)C3C(c4cc(Br)c(I)cc4C4C3[C@@]3(Cl)C(Cl)=C(Cl)[C@]4(Cl)C3(Cl)Cl)[C@@]1(Cl)C2(Cl)Cl. The minimum atomic E-state index is -1.83. The molecule has 0 amide bonds. The molecule has 8 atom stereocenters. The molecule has 4 bridgehead atoms. The molecule has 2 saturated carbocycles. The quantitative estimate of drug-likeness (QED) is 0.180. The van der Waals surface area contributed by atoms with Crippen molar-refractivity contribution in [3.8, 4) is 0 Å². The number of hydrogen-bond donors (Lipinski definition) is 0. The average Bonchev–Trinajstić information content (AvgIpc) is 3.09. The molecular weight excluding hydrogens is 872 g/mol. The first-order valence-electron chi connectivity index (χ1n) is 9.53. The molecule has 184 valence electrons. The summed E-state index contributed by atoms with van der Waals surface area (Å²) in [4.78, 5) is -6.45. The Morgan fingerprint density at radius 3 is 1.29 bits per heavy atom. The van der Waals surface area contributed by atoms with Crippen LogP contribution in [0.25, 0.3) is 0 Å². The second kappa shape index (κ2) is 7.61. The highest BCUT2D eigenvalue weighted by atomic mass is 127. The fourth-order valence-corrected chi connectivity index (χ4v) is 13.8. The van der Waals surface area contributed by atoms with Crippen molar-refractivity contribution in [2.75, 3.05) is 0 Å². The number of hydrogen-bond acceptors (Lipinski definition) is 0. The molecule has 1 aromatic carbocycles. The summed E-state index contributed by atoms with van der Waals surface area (Å²) in [6.07, 6.45) is 0. The predicted octanol–water partition coefficient (Wildman–Crippen LogP) is 11.2. The molecule has 0 aromatic heterocycles. The molecular formula is C20H6BrCl12I. The van der Waals surface area contributed by atoms with Gasteiger partial charge in [-0.3, -0.25) is 0 Å². The summed E-state index contributed by atoms with van der Waals surface area (Å²) in [6, 6.07) is 3.88. The Labute approximate surface area is 277 Å². The Bertz CT molecular complexity index is 1200. The maximum Gasteiger partial charge on any atom is 0.167 e. The summed E-state index contributed by atoms with van der Waals surface area (Å²) in [5.41, 5.74) is 1.54. The Kier molecular flexibility index (Phi) is 6.17. The Balaban J connectivity index is 1.80. The van der Waals surface area contributed by atoms with Crippen LogP contribution in [0.4, 0.5) is 0 Å². The van der Waals surface area contributed by atoms with Crippen molar-refractivity contribution in [2.24, 2.45) is 11.8 Å². The Hall–Kier alpha value is 3.39. The van der Waals surface area contributed by atoms with Gasteiger partial charge in [0.25, 0.3) is 0 Å².